The minimum atomic E-state index is -1.14. The van der Waals surface area contributed by atoms with Gasteiger partial charge in [0, 0.05) is 5.56 Å². The minimum Gasteiger partial charge on any atom is -0.490 e. The number of carbonyl (C=O) groups excluding carboxylic acids is 2. The zero-order chi connectivity index (χ0) is 17.0. The second-order valence-corrected chi connectivity index (χ2v) is 5.17. The van der Waals surface area contributed by atoms with Crippen LogP contribution in [-0.4, -0.2) is 42.5 Å². The van der Waals surface area contributed by atoms with Gasteiger partial charge < -0.3 is 14.6 Å². The third-order valence-electron chi connectivity index (χ3n) is 3.41. The van der Waals surface area contributed by atoms with Gasteiger partial charge in [0.05, 0.1) is 12.3 Å². The van der Waals surface area contributed by atoms with Gasteiger partial charge in [-0.2, -0.15) is 0 Å². The molecule has 0 bridgehead atoms. The molecule has 23 heavy (non-hydrogen) atoms. The number of carboxylic acids is 1. The van der Waals surface area contributed by atoms with Crippen LogP contribution in [0.2, 0.25) is 0 Å². The van der Waals surface area contributed by atoms with Gasteiger partial charge in [0.25, 0.3) is 5.91 Å². The first kappa shape index (κ1) is 16.8. The van der Waals surface area contributed by atoms with Crippen molar-refractivity contribution in [1.82, 2.24) is 0 Å². The van der Waals surface area contributed by atoms with Gasteiger partial charge in [-0.25, -0.2) is 0 Å². The summed E-state index contributed by atoms with van der Waals surface area (Å²) in [4.78, 5) is 35.7. The number of ether oxygens (including phenoxy) is 2. The normalized spacial score (nSPS) is 16.5. The number of rotatable bonds is 7. The summed E-state index contributed by atoms with van der Waals surface area (Å²) in [6, 6.07) is 2.97. The Morgan fingerprint density at radius 1 is 1.43 bits per heavy atom. The minimum absolute atomic E-state index is 0.248. The van der Waals surface area contributed by atoms with Gasteiger partial charge in [0.1, 0.15) is 12.8 Å². The molecule has 1 amide bonds. The maximum Gasteiger partial charge on any atom is 0.323 e. The Hall–Kier alpha value is -2.57. The molecule has 0 aromatic heterocycles. The SMILES string of the molecule is CCCOc1cc(C=O)cc2c1OC(CC)C(=O)N2CC(=O)O. The number of anilines is 1. The Kier molecular flexibility index (Phi) is 5.20. The molecule has 0 radical (unpaired) electrons. The van der Waals surface area contributed by atoms with E-state index < -0.39 is 24.5 Å². The molecule has 1 aromatic carbocycles. The largest absolute Gasteiger partial charge is 0.490 e. The van der Waals surface area contributed by atoms with Gasteiger partial charge in [-0.15, -0.1) is 0 Å². The molecule has 0 aliphatic carbocycles. The van der Waals surface area contributed by atoms with E-state index in [1.165, 1.54) is 12.1 Å². The number of hydrogen-bond donors (Lipinski definition) is 1. The molecule has 0 fully saturated rings. The lowest BCUT2D eigenvalue weighted by molar-refractivity contribution is -0.137. The first-order chi connectivity index (χ1) is 11.0. The molecular weight excluding hydrogens is 302 g/mol. The molecule has 1 aliphatic heterocycles. The fourth-order valence-electron chi connectivity index (χ4n) is 2.36. The highest BCUT2D eigenvalue weighted by atomic mass is 16.5. The molecular formula is C16H19NO6. The van der Waals surface area contributed by atoms with Crippen molar-refractivity contribution in [3.05, 3.63) is 17.7 Å². The third kappa shape index (κ3) is 3.44. The highest BCUT2D eigenvalue weighted by molar-refractivity contribution is 6.04. The Balaban J connectivity index is 2.55. The Labute approximate surface area is 133 Å². The van der Waals surface area contributed by atoms with Crippen molar-refractivity contribution in [3.63, 3.8) is 0 Å². The molecule has 7 nitrogen and oxygen atoms in total. The molecule has 1 atom stereocenters. The van der Waals surface area contributed by atoms with Crippen molar-refractivity contribution >= 4 is 23.9 Å². The van der Waals surface area contributed by atoms with Crippen LogP contribution in [0.1, 0.15) is 37.0 Å². The lowest BCUT2D eigenvalue weighted by Crippen LogP contribution is -2.47. The first-order valence-corrected chi connectivity index (χ1v) is 7.47. The van der Waals surface area contributed by atoms with Crippen LogP contribution in [0.25, 0.3) is 0 Å². The third-order valence-corrected chi connectivity index (χ3v) is 3.41. The van der Waals surface area contributed by atoms with Crippen LogP contribution >= 0.6 is 0 Å². The molecule has 124 valence electrons. The van der Waals surface area contributed by atoms with E-state index in [0.717, 1.165) is 11.3 Å². The number of nitrogens with zero attached hydrogens (tertiary/aromatic N) is 1. The van der Waals surface area contributed by atoms with E-state index in [4.69, 9.17) is 14.6 Å². The number of carboxylic acid groups (broad SMARTS) is 1. The number of benzene rings is 1. The Bertz CT molecular complexity index is 627. The smallest absolute Gasteiger partial charge is 0.323 e. The van der Waals surface area contributed by atoms with Gasteiger partial charge in [-0.3, -0.25) is 19.3 Å². The summed E-state index contributed by atoms with van der Waals surface area (Å²) in [6.07, 6.45) is 1.01. The number of hydrogen-bond acceptors (Lipinski definition) is 5. The number of fused-ring (bicyclic) bond motifs is 1. The summed E-state index contributed by atoms with van der Waals surface area (Å²) in [5, 5.41) is 9.07. The summed E-state index contributed by atoms with van der Waals surface area (Å²) >= 11 is 0. The summed E-state index contributed by atoms with van der Waals surface area (Å²) in [5.74, 6) is -0.940. The molecule has 7 heteroatoms. The van der Waals surface area contributed by atoms with Gasteiger partial charge >= 0.3 is 5.97 Å². The van der Waals surface area contributed by atoms with E-state index >= 15 is 0 Å². The molecule has 1 unspecified atom stereocenters. The van der Waals surface area contributed by atoms with Crippen molar-refractivity contribution in [2.75, 3.05) is 18.1 Å². The quantitative estimate of drug-likeness (QED) is 0.771. The number of amides is 1. The Morgan fingerprint density at radius 2 is 2.17 bits per heavy atom. The first-order valence-electron chi connectivity index (χ1n) is 7.47. The predicted molar refractivity (Wildman–Crippen MR) is 82.3 cm³/mol. The highest BCUT2D eigenvalue weighted by Crippen LogP contribution is 2.43. The van der Waals surface area contributed by atoms with Gasteiger partial charge in [-0.05, 0) is 25.0 Å². The highest BCUT2D eigenvalue weighted by Gasteiger charge is 2.36. The lowest BCUT2D eigenvalue weighted by Gasteiger charge is -2.34. The zero-order valence-electron chi connectivity index (χ0n) is 13.1. The molecule has 2 rings (SSSR count). The number of aliphatic carboxylic acids is 1. The summed E-state index contributed by atoms with van der Waals surface area (Å²) in [7, 11) is 0. The van der Waals surface area contributed by atoms with Crippen LogP contribution in [-0.2, 0) is 9.59 Å². The predicted octanol–water partition coefficient (Wildman–Crippen LogP) is 1.88. The molecule has 1 heterocycles. The van der Waals surface area contributed by atoms with E-state index in [2.05, 4.69) is 0 Å². The van der Waals surface area contributed by atoms with Crippen molar-refractivity contribution < 1.29 is 29.0 Å². The van der Waals surface area contributed by atoms with Crippen LogP contribution in [0.4, 0.5) is 5.69 Å². The van der Waals surface area contributed by atoms with E-state index in [1.54, 1.807) is 6.92 Å². The average molecular weight is 321 g/mol. The maximum absolute atomic E-state index is 12.4. The van der Waals surface area contributed by atoms with E-state index in [1.807, 2.05) is 6.92 Å². The summed E-state index contributed by atoms with van der Waals surface area (Å²) in [6.45, 7) is 3.63. The monoisotopic (exact) mass is 321 g/mol. The maximum atomic E-state index is 12.4. The van der Waals surface area contributed by atoms with Crippen molar-refractivity contribution in [2.45, 2.75) is 32.8 Å². The van der Waals surface area contributed by atoms with Crippen molar-refractivity contribution in [3.8, 4) is 11.5 Å². The number of aldehydes is 1. The van der Waals surface area contributed by atoms with E-state index in [0.29, 0.717) is 30.8 Å². The molecule has 1 N–H and O–H groups in total. The van der Waals surface area contributed by atoms with Crippen LogP contribution in [0, 0.1) is 0 Å². The summed E-state index contributed by atoms with van der Waals surface area (Å²) in [5.41, 5.74) is 0.536. The van der Waals surface area contributed by atoms with Crippen LogP contribution < -0.4 is 14.4 Å². The zero-order valence-corrected chi connectivity index (χ0v) is 13.1. The molecule has 1 aliphatic rings. The van der Waals surface area contributed by atoms with Crippen molar-refractivity contribution in [2.24, 2.45) is 0 Å². The standard InChI is InChI=1S/C16H19NO6/c1-3-5-22-13-7-10(9-18)6-11-15(13)23-12(4-2)16(21)17(11)8-14(19)20/h6-7,9,12H,3-5,8H2,1-2H3,(H,19,20). The molecule has 0 saturated carbocycles. The van der Waals surface area contributed by atoms with Gasteiger partial charge in [0.2, 0.25) is 0 Å². The fourth-order valence-corrected chi connectivity index (χ4v) is 2.36. The van der Waals surface area contributed by atoms with Crippen molar-refractivity contribution in [1.29, 1.82) is 0 Å². The second kappa shape index (κ2) is 7.13. The van der Waals surface area contributed by atoms with Crippen LogP contribution in [0.3, 0.4) is 0 Å². The van der Waals surface area contributed by atoms with Crippen LogP contribution in [0.15, 0.2) is 12.1 Å². The average Bonchev–Trinajstić information content (AvgIpc) is 2.54. The summed E-state index contributed by atoms with van der Waals surface area (Å²) < 4.78 is 11.3. The fraction of sp³-hybridized carbons (Fsp3) is 0.438. The van der Waals surface area contributed by atoms with Crippen LogP contribution in [0.5, 0.6) is 11.5 Å². The van der Waals surface area contributed by atoms with Gasteiger partial charge in [-0.1, -0.05) is 13.8 Å². The second-order valence-electron chi connectivity index (χ2n) is 5.17. The molecule has 0 spiro atoms. The van der Waals surface area contributed by atoms with Gasteiger partial charge in [0.15, 0.2) is 17.6 Å². The lowest BCUT2D eigenvalue weighted by atomic mass is 10.1. The van der Waals surface area contributed by atoms with E-state index in [-0.39, 0.29) is 11.3 Å². The topological polar surface area (TPSA) is 93.1 Å². The molecule has 0 saturated heterocycles. The number of carbonyl (C=O) groups is 3. The molecule has 1 aromatic rings. The Morgan fingerprint density at radius 3 is 2.74 bits per heavy atom. The van der Waals surface area contributed by atoms with E-state index in [9.17, 15) is 14.4 Å².